The van der Waals surface area contributed by atoms with E-state index in [-0.39, 0.29) is 11.8 Å². The Morgan fingerprint density at radius 1 is 1.40 bits per heavy atom. The maximum absolute atomic E-state index is 11.9. The molecule has 0 aliphatic heterocycles. The molecule has 1 aliphatic carbocycles. The minimum atomic E-state index is 0.0779. The summed E-state index contributed by atoms with van der Waals surface area (Å²) in [6.45, 7) is 2.08. The van der Waals surface area contributed by atoms with Crippen molar-refractivity contribution in [3.05, 3.63) is 42.9 Å². The molecular weight excluding hydrogens is 254 g/mol. The number of ether oxygens (including phenoxy) is 1. The molecule has 20 heavy (non-hydrogen) atoms. The van der Waals surface area contributed by atoms with Gasteiger partial charge in [0.25, 0.3) is 0 Å². The second-order valence-corrected chi connectivity index (χ2v) is 4.98. The fourth-order valence-corrected chi connectivity index (χ4v) is 2.02. The number of anilines is 1. The summed E-state index contributed by atoms with van der Waals surface area (Å²) in [5, 5.41) is 2.91. The van der Waals surface area contributed by atoms with Gasteiger partial charge in [0.15, 0.2) is 0 Å². The Bertz CT molecular complexity index is 616. The Kier molecular flexibility index (Phi) is 3.33. The SMILES string of the molecule is C[C@@H]1C[C@@H]1C(=O)Nc1cccc(Oc2cnccn2)c1. The topological polar surface area (TPSA) is 64.1 Å². The third-order valence-corrected chi connectivity index (χ3v) is 3.31. The molecule has 2 atom stereocenters. The first-order valence-corrected chi connectivity index (χ1v) is 6.57. The van der Waals surface area contributed by atoms with Crippen LogP contribution in [0.15, 0.2) is 42.9 Å². The van der Waals surface area contributed by atoms with Crippen molar-refractivity contribution in [3.63, 3.8) is 0 Å². The molecule has 1 aromatic carbocycles. The third kappa shape index (κ3) is 2.93. The molecule has 2 aromatic rings. The number of hydrogen-bond acceptors (Lipinski definition) is 4. The fourth-order valence-electron chi connectivity index (χ4n) is 2.02. The first-order chi connectivity index (χ1) is 9.72. The summed E-state index contributed by atoms with van der Waals surface area (Å²) in [7, 11) is 0. The molecular formula is C15H15N3O2. The number of nitrogens with zero attached hydrogens (tertiary/aromatic N) is 2. The lowest BCUT2D eigenvalue weighted by atomic mass is 10.2. The number of carbonyl (C=O) groups excluding carboxylic acids is 1. The van der Waals surface area contributed by atoms with Crippen LogP contribution >= 0.6 is 0 Å². The van der Waals surface area contributed by atoms with E-state index in [0.717, 1.165) is 12.1 Å². The van der Waals surface area contributed by atoms with Crippen molar-refractivity contribution < 1.29 is 9.53 Å². The number of nitrogens with one attached hydrogen (secondary N) is 1. The second-order valence-electron chi connectivity index (χ2n) is 4.98. The molecule has 0 radical (unpaired) electrons. The highest BCUT2D eigenvalue weighted by Crippen LogP contribution is 2.38. The Labute approximate surface area is 117 Å². The molecule has 5 nitrogen and oxygen atoms in total. The lowest BCUT2D eigenvalue weighted by Gasteiger charge is -2.07. The lowest BCUT2D eigenvalue weighted by molar-refractivity contribution is -0.117. The molecule has 0 saturated heterocycles. The average molecular weight is 269 g/mol. The highest BCUT2D eigenvalue weighted by molar-refractivity contribution is 5.94. The van der Waals surface area contributed by atoms with Crippen molar-refractivity contribution >= 4 is 11.6 Å². The van der Waals surface area contributed by atoms with Gasteiger partial charge in [0.05, 0.1) is 6.20 Å². The van der Waals surface area contributed by atoms with Crippen LogP contribution in [0.5, 0.6) is 11.6 Å². The summed E-state index contributed by atoms with van der Waals surface area (Å²) in [5.74, 6) is 1.77. The van der Waals surface area contributed by atoms with Crippen LogP contribution in [-0.2, 0) is 4.79 Å². The van der Waals surface area contributed by atoms with Crippen LogP contribution in [-0.4, -0.2) is 15.9 Å². The Morgan fingerprint density at radius 2 is 2.25 bits per heavy atom. The quantitative estimate of drug-likeness (QED) is 0.927. The van der Waals surface area contributed by atoms with Crippen LogP contribution in [0.25, 0.3) is 0 Å². The van der Waals surface area contributed by atoms with E-state index < -0.39 is 0 Å². The molecule has 0 bridgehead atoms. The molecule has 1 aromatic heterocycles. The van der Waals surface area contributed by atoms with Crippen molar-refractivity contribution in [2.24, 2.45) is 11.8 Å². The molecule has 1 heterocycles. The maximum Gasteiger partial charge on any atom is 0.237 e. The third-order valence-electron chi connectivity index (χ3n) is 3.31. The van der Waals surface area contributed by atoms with Gasteiger partial charge in [0.2, 0.25) is 11.8 Å². The molecule has 3 rings (SSSR count). The predicted molar refractivity (Wildman–Crippen MR) is 74.4 cm³/mol. The second kappa shape index (κ2) is 5.28. The summed E-state index contributed by atoms with van der Waals surface area (Å²) >= 11 is 0. The van der Waals surface area contributed by atoms with Gasteiger partial charge in [-0.05, 0) is 24.5 Å². The highest BCUT2D eigenvalue weighted by atomic mass is 16.5. The van der Waals surface area contributed by atoms with E-state index in [9.17, 15) is 4.79 Å². The standard InChI is InChI=1S/C15H15N3O2/c1-10-7-13(10)15(19)18-11-3-2-4-12(8-11)20-14-9-16-5-6-17-14/h2-6,8-10,13H,7H2,1H3,(H,18,19)/t10-,13+/m1/s1. The Hall–Kier alpha value is -2.43. The average Bonchev–Trinajstić information content (AvgIpc) is 3.18. The number of hydrogen-bond donors (Lipinski definition) is 1. The van der Waals surface area contributed by atoms with Gasteiger partial charge in [0, 0.05) is 30.1 Å². The van der Waals surface area contributed by atoms with E-state index in [2.05, 4.69) is 22.2 Å². The maximum atomic E-state index is 11.9. The van der Waals surface area contributed by atoms with Gasteiger partial charge in [-0.15, -0.1) is 0 Å². The van der Waals surface area contributed by atoms with Crippen LogP contribution in [0.4, 0.5) is 5.69 Å². The van der Waals surface area contributed by atoms with Crippen molar-refractivity contribution in [2.75, 3.05) is 5.32 Å². The fraction of sp³-hybridized carbons (Fsp3) is 0.267. The number of carbonyl (C=O) groups is 1. The van der Waals surface area contributed by atoms with Gasteiger partial charge in [-0.3, -0.25) is 9.78 Å². The summed E-state index contributed by atoms with van der Waals surface area (Å²) in [5.41, 5.74) is 0.732. The number of amides is 1. The van der Waals surface area contributed by atoms with Gasteiger partial charge in [-0.2, -0.15) is 0 Å². The smallest absolute Gasteiger partial charge is 0.237 e. The van der Waals surface area contributed by atoms with Gasteiger partial charge < -0.3 is 10.1 Å². The van der Waals surface area contributed by atoms with Crippen molar-refractivity contribution in [2.45, 2.75) is 13.3 Å². The summed E-state index contributed by atoms with van der Waals surface area (Å²) in [4.78, 5) is 19.9. The van der Waals surface area contributed by atoms with Crippen molar-refractivity contribution in [1.82, 2.24) is 9.97 Å². The van der Waals surface area contributed by atoms with Gasteiger partial charge >= 0.3 is 0 Å². The van der Waals surface area contributed by atoms with Gasteiger partial charge in [0.1, 0.15) is 5.75 Å². The van der Waals surface area contributed by atoms with E-state index in [1.165, 1.54) is 6.20 Å². The highest BCUT2D eigenvalue weighted by Gasteiger charge is 2.39. The number of aromatic nitrogens is 2. The number of rotatable bonds is 4. The molecule has 102 valence electrons. The molecule has 1 fully saturated rings. The zero-order chi connectivity index (χ0) is 13.9. The molecule has 0 spiro atoms. The first-order valence-electron chi connectivity index (χ1n) is 6.57. The predicted octanol–water partition coefficient (Wildman–Crippen LogP) is 2.86. The monoisotopic (exact) mass is 269 g/mol. The van der Waals surface area contributed by atoms with E-state index in [4.69, 9.17) is 4.74 Å². The zero-order valence-corrected chi connectivity index (χ0v) is 11.1. The summed E-state index contributed by atoms with van der Waals surface area (Å²) in [6.07, 6.45) is 5.66. The van der Waals surface area contributed by atoms with Crippen LogP contribution < -0.4 is 10.1 Å². The van der Waals surface area contributed by atoms with E-state index in [1.54, 1.807) is 18.5 Å². The molecule has 1 aliphatic rings. The Morgan fingerprint density at radius 3 is 2.95 bits per heavy atom. The zero-order valence-electron chi connectivity index (χ0n) is 11.1. The minimum Gasteiger partial charge on any atom is -0.437 e. The van der Waals surface area contributed by atoms with E-state index >= 15 is 0 Å². The number of benzene rings is 1. The van der Waals surface area contributed by atoms with Crippen LogP contribution in [0, 0.1) is 11.8 Å². The molecule has 1 amide bonds. The molecule has 1 saturated carbocycles. The normalized spacial score (nSPS) is 20.2. The van der Waals surface area contributed by atoms with Gasteiger partial charge in [-0.1, -0.05) is 13.0 Å². The summed E-state index contributed by atoms with van der Waals surface area (Å²) < 4.78 is 5.57. The van der Waals surface area contributed by atoms with Crippen LogP contribution in [0.2, 0.25) is 0 Å². The molecule has 0 unspecified atom stereocenters. The van der Waals surface area contributed by atoms with Crippen molar-refractivity contribution in [3.8, 4) is 11.6 Å². The molecule has 1 N–H and O–H groups in total. The summed E-state index contributed by atoms with van der Waals surface area (Å²) in [6, 6.07) is 7.26. The Balaban J connectivity index is 1.68. The van der Waals surface area contributed by atoms with E-state index in [0.29, 0.717) is 17.5 Å². The van der Waals surface area contributed by atoms with Crippen molar-refractivity contribution in [1.29, 1.82) is 0 Å². The molecule has 5 heteroatoms. The van der Waals surface area contributed by atoms with Crippen LogP contribution in [0.3, 0.4) is 0 Å². The largest absolute Gasteiger partial charge is 0.437 e. The van der Waals surface area contributed by atoms with E-state index in [1.807, 2.05) is 18.2 Å². The minimum absolute atomic E-state index is 0.0779. The van der Waals surface area contributed by atoms with Crippen LogP contribution in [0.1, 0.15) is 13.3 Å². The lowest BCUT2D eigenvalue weighted by Crippen LogP contribution is -2.14. The van der Waals surface area contributed by atoms with Gasteiger partial charge in [-0.25, -0.2) is 4.98 Å². The first kappa shape index (κ1) is 12.6.